The Morgan fingerprint density at radius 2 is 2.14 bits per heavy atom. The Morgan fingerprint density at radius 3 is 2.95 bits per heavy atom. The number of methoxy groups -OCH3 is 1. The number of nitrogen functional groups attached to an aromatic ring is 1. The maximum Gasteiger partial charge on any atom is 0.221 e. The Labute approximate surface area is 123 Å². The van der Waals surface area contributed by atoms with Crippen LogP contribution in [0.3, 0.4) is 0 Å². The number of pyridine rings is 1. The minimum atomic E-state index is 0.000896. The fraction of sp³-hybridized carbons (Fsp3) is 0.333. The molecule has 1 heterocycles. The second-order valence-electron chi connectivity index (χ2n) is 4.64. The summed E-state index contributed by atoms with van der Waals surface area (Å²) in [6.45, 7) is 1.61. The predicted molar refractivity (Wildman–Crippen MR) is 84.1 cm³/mol. The zero-order valence-electron chi connectivity index (χ0n) is 12.1. The summed E-state index contributed by atoms with van der Waals surface area (Å²) in [6, 6.07) is 5.66. The average Bonchev–Trinajstić information content (AvgIpc) is 2.50. The molecule has 0 spiro atoms. The Hall–Kier alpha value is -2.34. The van der Waals surface area contributed by atoms with Gasteiger partial charge in [0.2, 0.25) is 5.91 Å². The third kappa shape index (κ3) is 4.06. The van der Waals surface area contributed by atoms with Gasteiger partial charge < -0.3 is 21.1 Å². The molecule has 0 fully saturated rings. The third-order valence-corrected chi connectivity index (χ3v) is 3.15. The van der Waals surface area contributed by atoms with Gasteiger partial charge >= 0.3 is 0 Å². The van der Waals surface area contributed by atoms with E-state index in [-0.39, 0.29) is 5.91 Å². The topological polar surface area (TPSA) is 89.3 Å². The molecule has 0 saturated heterocycles. The minimum absolute atomic E-state index is 0.000896. The number of aromatic nitrogens is 1. The smallest absolute Gasteiger partial charge is 0.221 e. The number of nitrogens with one attached hydrogen (secondary N) is 2. The molecule has 6 nitrogen and oxygen atoms in total. The van der Waals surface area contributed by atoms with Gasteiger partial charge in [0.1, 0.15) is 0 Å². The van der Waals surface area contributed by atoms with Gasteiger partial charge in [-0.1, -0.05) is 0 Å². The van der Waals surface area contributed by atoms with Crippen molar-refractivity contribution in [3.05, 3.63) is 30.6 Å². The van der Waals surface area contributed by atoms with E-state index in [9.17, 15) is 4.79 Å². The van der Waals surface area contributed by atoms with Crippen molar-refractivity contribution in [3.8, 4) is 0 Å². The molecule has 4 N–H and O–H groups in total. The van der Waals surface area contributed by atoms with Crippen LogP contribution in [0.1, 0.15) is 6.42 Å². The number of nitrogens with two attached hydrogens (primary N) is 1. The molecule has 0 saturated carbocycles. The molecule has 0 unspecified atom stereocenters. The fourth-order valence-electron chi connectivity index (χ4n) is 2.06. The van der Waals surface area contributed by atoms with Crippen LogP contribution in [0, 0.1) is 0 Å². The molecule has 0 bridgehead atoms. The van der Waals surface area contributed by atoms with Crippen LogP contribution in [0.5, 0.6) is 0 Å². The van der Waals surface area contributed by atoms with Gasteiger partial charge in [0.05, 0.1) is 6.61 Å². The van der Waals surface area contributed by atoms with E-state index in [1.165, 1.54) is 0 Å². The van der Waals surface area contributed by atoms with Gasteiger partial charge in [-0.15, -0.1) is 0 Å². The Balaban J connectivity index is 1.92. The zero-order valence-corrected chi connectivity index (χ0v) is 12.1. The SMILES string of the molecule is COCCNC(=O)CCNc1ccc(N)c2cnccc12. The van der Waals surface area contributed by atoms with Gasteiger partial charge in [-0.25, -0.2) is 0 Å². The molecule has 112 valence electrons. The Bertz CT molecular complexity index is 616. The Morgan fingerprint density at radius 1 is 1.29 bits per heavy atom. The molecular weight excluding hydrogens is 268 g/mol. The molecule has 1 aromatic carbocycles. The molecular formula is C15H20N4O2. The van der Waals surface area contributed by atoms with Crippen LogP contribution in [-0.2, 0) is 9.53 Å². The molecule has 2 rings (SSSR count). The minimum Gasteiger partial charge on any atom is -0.398 e. The first kappa shape index (κ1) is 15.1. The molecule has 0 aliphatic heterocycles. The number of benzene rings is 1. The van der Waals surface area contributed by atoms with Gasteiger partial charge in [0.25, 0.3) is 0 Å². The van der Waals surface area contributed by atoms with Gasteiger partial charge in [-0.3, -0.25) is 9.78 Å². The first-order chi connectivity index (χ1) is 10.2. The molecule has 1 aromatic heterocycles. The highest BCUT2D eigenvalue weighted by atomic mass is 16.5. The normalized spacial score (nSPS) is 10.5. The van der Waals surface area contributed by atoms with E-state index >= 15 is 0 Å². The van der Waals surface area contributed by atoms with Crippen LogP contribution in [0.15, 0.2) is 30.6 Å². The van der Waals surface area contributed by atoms with Crippen molar-refractivity contribution >= 4 is 28.1 Å². The van der Waals surface area contributed by atoms with Gasteiger partial charge in [0, 0.05) is 61.2 Å². The lowest BCUT2D eigenvalue weighted by Gasteiger charge is -2.11. The van der Waals surface area contributed by atoms with Crippen LogP contribution in [0.25, 0.3) is 10.8 Å². The summed E-state index contributed by atoms with van der Waals surface area (Å²) in [5.41, 5.74) is 7.57. The van der Waals surface area contributed by atoms with E-state index in [1.54, 1.807) is 19.5 Å². The van der Waals surface area contributed by atoms with E-state index < -0.39 is 0 Å². The number of ether oxygens (including phenoxy) is 1. The highest BCUT2D eigenvalue weighted by Gasteiger charge is 2.05. The second-order valence-corrected chi connectivity index (χ2v) is 4.64. The number of carbonyl (C=O) groups excluding carboxylic acids is 1. The first-order valence-corrected chi connectivity index (χ1v) is 6.84. The lowest BCUT2D eigenvalue weighted by molar-refractivity contribution is -0.121. The average molecular weight is 288 g/mol. The Kier molecular flexibility index (Phi) is 5.34. The van der Waals surface area contributed by atoms with Crippen LogP contribution < -0.4 is 16.4 Å². The molecule has 0 radical (unpaired) electrons. The largest absolute Gasteiger partial charge is 0.398 e. The van der Waals surface area contributed by atoms with Crippen molar-refractivity contribution in [2.45, 2.75) is 6.42 Å². The van der Waals surface area contributed by atoms with Crippen molar-refractivity contribution in [1.82, 2.24) is 10.3 Å². The number of hydrogen-bond acceptors (Lipinski definition) is 5. The summed E-state index contributed by atoms with van der Waals surface area (Å²) in [4.78, 5) is 15.7. The summed E-state index contributed by atoms with van der Waals surface area (Å²) in [5.74, 6) is 0.000896. The van der Waals surface area contributed by atoms with Crippen LogP contribution in [0.2, 0.25) is 0 Å². The third-order valence-electron chi connectivity index (χ3n) is 3.15. The molecule has 1 amide bonds. The standard InChI is InChI=1S/C15H20N4O2/c1-21-9-8-19-15(20)5-7-18-14-3-2-13(16)12-10-17-6-4-11(12)14/h2-4,6,10,18H,5,7-9,16H2,1H3,(H,19,20). The summed E-state index contributed by atoms with van der Waals surface area (Å²) in [6.07, 6.45) is 3.87. The van der Waals surface area contributed by atoms with Crippen molar-refractivity contribution in [3.63, 3.8) is 0 Å². The van der Waals surface area contributed by atoms with Crippen molar-refractivity contribution in [2.24, 2.45) is 0 Å². The quantitative estimate of drug-likeness (QED) is 0.529. The molecule has 2 aromatic rings. The number of anilines is 2. The van der Waals surface area contributed by atoms with Crippen LogP contribution >= 0.6 is 0 Å². The molecule has 6 heteroatoms. The fourth-order valence-corrected chi connectivity index (χ4v) is 2.06. The lowest BCUT2D eigenvalue weighted by Crippen LogP contribution is -2.28. The van der Waals surface area contributed by atoms with E-state index in [1.807, 2.05) is 18.2 Å². The number of nitrogens with zero attached hydrogens (tertiary/aromatic N) is 1. The summed E-state index contributed by atoms with van der Waals surface area (Å²) < 4.78 is 4.88. The van der Waals surface area contributed by atoms with E-state index in [2.05, 4.69) is 15.6 Å². The van der Waals surface area contributed by atoms with Crippen molar-refractivity contribution in [2.75, 3.05) is 37.9 Å². The number of rotatable bonds is 7. The number of hydrogen-bond donors (Lipinski definition) is 3. The predicted octanol–water partition coefficient (Wildman–Crippen LogP) is 1.38. The maximum absolute atomic E-state index is 11.6. The summed E-state index contributed by atoms with van der Waals surface area (Å²) in [5, 5.41) is 7.96. The van der Waals surface area contributed by atoms with Crippen molar-refractivity contribution < 1.29 is 9.53 Å². The van der Waals surface area contributed by atoms with E-state index in [0.29, 0.717) is 31.8 Å². The molecule has 0 aliphatic carbocycles. The zero-order chi connectivity index (χ0) is 15.1. The summed E-state index contributed by atoms with van der Waals surface area (Å²) in [7, 11) is 1.61. The molecule has 21 heavy (non-hydrogen) atoms. The highest BCUT2D eigenvalue weighted by Crippen LogP contribution is 2.27. The van der Waals surface area contributed by atoms with Crippen LogP contribution in [-0.4, -0.2) is 37.7 Å². The number of amides is 1. The maximum atomic E-state index is 11.6. The number of fused-ring (bicyclic) bond motifs is 1. The van der Waals surface area contributed by atoms with Crippen LogP contribution in [0.4, 0.5) is 11.4 Å². The second kappa shape index (κ2) is 7.44. The highest BCUT2D eigenvalue weighted by molar-refractivity contribution is 6.00. The van der Waals surface area contributed by atoms with E-state index in [0.717, 1.165) is 16.5 Å². The monoisotopic (exact) mass is 288 g/mol. The van der Waals surface area contributed by atoms with Gasteiger partial charge in [0.15, 0.2) is 0 Å². The number of carbonyl (C=O) groups is 1. The van der Waals surface area contributed by atoms with Crippen molar-refractivity contribution in [1.29, 1.82) is 0 Å². The van der Waals surface area contributed by atoms with Gasteiger partial charge in [-0.05, 0) is 18.2 Å². The first-order valence-electron chi connectivity index (χ1n) is 6.84. The lowest BCUT2D eigenvalue weighted by atomic mass is 10.1. The van der Waals surface area contributed by atoms with Gasteiger partial charge in [-0.2, -0.15) is 0 Å². The molecule has 0 aliphatic rings. The summed E-state index contributed by atoms with van der Waals surface area (Å²) >= 11 is 0. The molecule has 0 atom stereocenters. The van der Waals surface area contributed by atoms with E-state index in [4.69, 9.17) is 10.5 Å².